The SMILES string of the molecule is CCOc1ccc(S(=O)(=O)NC2CNCCC2C)cc1Br. The summed E-state index contributed by atoms with van der Waals surface area (Å²) in [7, 11) is -3.52. The molecule has 0 aliphatic carbocycles. The predicted molar refractivity (Wildman–Crippen MR) is 86.1 cm³/mol. The van der Waals surface area contributed by atoms with Gasteiger partial charge in [-0.1, -0.05) is 6.92 Å². The van der Waals surface area contributed by atoms with Crippen LogP contribution in [0.5, 0.6) is 5.75 Å². The number of hydrogen-bond donors (Lipinski definition) is 2. The molecule has 0 radical (unpaired) electrons. The van der Waals surface area contributed by atoms with E-state index < -0.39 is 10.0 Å². The van der Waals surface area contributed by atoms with Gasteiger partial charge in [0.2, 0.25) is 10.0 Å². The van der Waals surface area contributed by atoms with Crippen molar-refractivity contribution in [1.29, 1.82) is 0 Å². The Morgan fingerprint density at radius 1 is 1.48 bits per heavy atom. The zero-order valence-electron chi connectivity index (χ0n) is 12.2. The molecule has 0 spiro atoms. The van der Waals surface area contributed by atoms with Crippen LogP contribution in [-0.4, -0.2) is 34.2 Å². The lowest BCUT2D eigenvalue weighted by Gasteiger charge is -2.30. The average molecular weight is 377 g/mol. The highest BCUT2D eigenvalue weighted by Crippen LogP contribution is 2.28. The van der Waals surface area contributed by atoms with Gasteiger partial charge in [0.05, 0.1) is 16.0 Å². The summed E-state index contributed by atoms with van der Waals surface area (Å²) in [4.78, 5) is 0.246. The van der Waals surface area contributed by atoms with Crippen LogP contribution in [0.1, 0.15) is 20.3 Å². The van der Waals surface area contributed by atoms with Gasteiger partial charge >= 0.3 is 0 Å². The smallest absolute Gasteiger partial charge is 0.240 e. The molecule has 0 aromatic heterocycles. The number of halogens is 1. The molecule has 21 heavy (non-hydrogen) atoms. The molecule has 1 aliphatic rings. The minimum absolute atomic E-state index is 0.0749. The highest BCUT2D eigenvalue weighted by atomic mass is 79.9. The largest absolute Gasteiger partial charge is 0.493 e. The van der Waals surface area contributed by atoms with E-state index in [-0.39, 0.29) is 10.9 Å². The van der Waals surface area contributed by atoms with Crippen LogP contribution in [0.2, 0.25) is 0 Å². The molecule has 0 bridgehead atoms. The lowest BCUT2D eigenvalue weighted by molar-refractivity contribution is 0.327. The summed E-state index contributed by atoms with van der Waals surface area (Å²) in [5.41, 5.74) is 0. The lowest BCUT2D eigenvalue weighted by Crippen LogP contribution is -2.50. The molecule has 0 saturated carbocycles. The van der Waals surface area contributed by atoms with E-state index in [2.05, 4.69) is 32.9 Å². The molecular weight excluding hydrogens is 356 g/mol. The minimum atomic E-state index is -3.52. The third-order valence-electron chi connectivity index (χ3n) is 3.65. The van der Waals surface area contributed by atoms with Crippen LogP contribution in [0, 0.1) is 5.92 Å². The average Bonchev–Trinajstić information content (AvgIpc) is 2.43. The van der Waals surface area contributed by atoms with Crippen molar-refractivity contribution in [3.8, 4) is 5.75 Å². The fraction of sp³-hybridized carbons (Fsp3) is 0.571. The Morgan fingerprint density at radius 3 is 2.86 bits per heavy atom. The highest BCUT2D eigenvalue weighted by Gasteiger charge is 2.27. The Bertz CT molecular complexity index is 592. The maximum atomic E-state index is 12.5. The van der Waals surface area contributed by atoms with Crippen molar-refractivity contribution in [3.05, 3.63) is 22.7 Å². The van der Waals surface area contributed by atoms with Crippen LogP contribution in [0.3, 0.4) is 0 Å². The van der Waals surface area contributed by atoms with Gasteiger partial charge in [-0.25, -0.2) is 13.1 Å². The quantitative estimate of drug-likeness (QED) is 0.825. The molecule has 1 saturated heterocycles. The van der Waals surface area contributed by atoms with Crippen molar-refractivity contribution in [2.75, 3.05) is 19.7 Å². The van der Waals surface area contributed by atoms with E-state index in [4.69, 9.17) is 4.74 Å². The number of hydrogen-bond acceptors (Lipinski definition) is 4. The minimum Gasteiger partial charge on any atom is -0.493 e. The van der Waals surface area contributed by atoms with Gasteiger partial charge < -0.3 is 10.1 Å². The van der Waals surface area contributed by atoms with Crippen LogP contribution >= 0.6 is 15.9 Å². The molecule has 5 nitrogen and oxygen atoms in total. The molecule has 1 heterocycles. The topological polar surface area (TPSA) is 67.4 Å². The maximum absolute atomic E-state index is 12.5. The molecule has 2 unspecified atom stereocenters. The van der Waals surface area contributed by atoms with Gasteiger partial charge in [-0.05, 0) is 59.9 Å². The second-order valence-electron chi connectivity index (χ2n) is 5.22. The molecule has 1 fully saturated rings. The molecule has 1 aromatic carbocycles. The molecule has 2 atom stereocenters. The number of sulfonamides is 1. The second kappa shape index (κ2) is 7.09. The summed E-state index contributed by atoms with van der Waals surface area (Å²) in [5.74, 6) is 0.969. The van der Waals surface area contributed by atoms with E-state index in [9.17, 15) is 8.42 Å². The molecule has 2 N–H and O–H groups in total. The van der Waals surface area contributed by atoms with Crippen LogP contribution in [0.4, 0.5) is 0 Å². The van der Waals surface area contributed by atoms with E-state index in [0.717, 1.165) is 13.0 Å². The van der Waals surface area contributed by atoms with Crippen molar-refractivity contribution in [2.45, 2.75) is 31.2 Å². The molecular formula is C14H21BrN2O3S. The lowest BCUT2D eigenvalue weighted by atomic mass is 9.96. The third-order valence-corrected chi connectivity index (χ3v) is 5.75. The summed E-state index contributed by atoms with van der Waals surface area (Å²) in [5, 5.41) is 3.22. The summed E-state index contributed by atoms with van der Waals surface area (Å²) in [6.45, 7) is 6.10. The zero-order valence-corrected chi connectivity index (χ0v) is 14.6. The van der Waals surface area contributed by atoms with E-state index in [1.165, 1.54) is 0 Å². The van der Waals surface area contributed by atoms with E-state index in [1.807, 2.05) is 6.92 Å². The van der Waals surface area contributed by atoms with Gasteiger partial charge in [0.1, 0.15) is 5.75 Å². The third kappa shape index (κ3) is 4.18. The Morgan fingerprint density at radius 2 is 2.24 bits per heavy atom. The van der Waals surface area contributed by atoms with Crippen LogP contribution in [0.25, 0.3) is 0 Å². The molecule has 118 valence electrons. The van der Waals surface area contributed by atoms with Crippen molar-refractivity contribution < 1.29 is 13.2 Å². The molecule has 1 aromatic rings. The summed E-state index contributed by atoms with van der Waals surface area (Å²) in [6.07, 6.45) is 0.972. The maximum Gasteiger partial charge on any atom is 0.240 e. The van der Waals surface area contributed by atoms with Crippen molar-refractivity contribution in [2.24, 2.45) is 5.92 Å². The first-order valence-corrected chi connectivity index (χ1v) is 9.37. The van der Waals surface area contributed by atoms with E-state index in [1.54, 1.807) is 18.2 Å². The standard InChI is InChI=1S/C14H21BrN2O3S/c1-3-20-14-5-4-11(8-12(14)15)21(18,19)17-13-9-16-7-6-10(13)2/h4-5,8,10,13,16-17H,3,6-7,9H2,1-2H3. The number of nitrogens with one attached hydrogen (secondary N) is 2. The van der Waals surface area contributed by atoms with Gasteiger partial charge in [-0.3, -0.25) is 0 Å². The van der Waals surface area contributed by atoms with Crippen molar-refractivity contribution in [3.63, 3.8) is 0 Å². The van der Waals surface area contributed by atoms with Crippen molar-refractivity contribution >= 4 is 26.0 Å². The highest BCUT2D eigenvalue weighted by molar-refractivity contribution is 9.10. The Balaban J connectivity index is 2.17. The van der Waals surface area contributed by atoms with E-state index in [0.29, 0.717) is 29.3 Å². The number of piperidine rings is 1. The van der Waals surface area contributed by atoms with Crippen LogP contribution in [0.15, 0.2) is 27.6 Å². The summed E-state index contributed by atoms with van der Waals surface area (Å²) in [6, 6.07) is 4.74. The predicted octanol–water partition coefficient (Wildman–Crippen LogP) is 2.12. The number of rotatable bonds is 5. The Hall–Kier alpha value is -0.630. The van der Waals surface area contributed by atoms with Gasteiger partial charge in [0.25, 0.3) is 0 Å². The normalized spacial score (nSPS) is 23.0. The molecule has 7 heteroatoms. The van der Waals surface area contributed by atoms with E-state index >= 15 is 0 Å². The number of benzene rings is 1. The first-order chi connectivity index (χ1) is 9.94. The Labute approximate surface area is 134 Å². The molecule has 0 amide bonds. The summed E-state index contributed by atoms with van der Waals surface area (Å²) < 4.78 is 33.8. The van der Waals surface area contributed by atoms with Crippen molar-refractivity contribution in [1.82, 2.24) is 10.0 Å². The van der Waals surface area contributed by atoms with Gasteiger partial charge in [0.15, 0.2) is 0 Å². The second-order valence-corrected chi connectivity index (χ2v) is 7.79. The summed E-state index contributed by atoms with van der Waals surface area (Å²) >= 11 is 3.35. The van der Waals surface area contributed by atoms with Crippen LogP contribution in [-0.2, 0) is 10.0 Å². The fourth-order valence-electron chi connectivity index (χ4n) is 2.34. The zero-order chi connectivity index (χ0) is 15.5. The fourth-order valence-corrected chi connectivity index (χ4v) is 4.35. The first kappa shape index (κ1) is 16.7. The van der Waals surface area contributed by atoms with Gasteiger partial charge in [0, 0.05) is 12.6 Å². The Kier molecular flexibility index (Phi) is 5.65. The monoisotopic (exact) mass is 376 g/mol. The van der Waals surface area contributed by atoms with Gasteiger partial charge in [-0.2, -0.15) is 0 Å². The molecule has 1 aliphatic heterocycles. The molecule has 2 rings (SSSR count). The van der Waals surface area contributed by atoms with Gasteiger partial charge in [-0.15, -0.1) is 0 Å². The first-order valence-electron chi connectivity index (χ1n) is 7.09. The van der Waals surface area contributed by atoms with Crippen LogP contribution < -0.4 is 14.8 Å². The number of ether oxygens (including phenoxy) is 1.